The number of hydrogen-bond donors (Lipinski definition) is 2. The van der Waals surface area contributed by atoms with Crippen molar-refractivity contribution in [1.82, 2.24) is 5.32 Å². The molecular formula is C13H26N2O2. The van der Waals surface area contributed by atoms with Crippen LogP contribution in [0.25, 0.3) is 0 Å². The molecule has 0 atom stereocenters. The van der Waals surface area contributed by atoms with Gasteiger partial charge in [0.1, 0.15) is 0 Å². The topological polar surface area (TPSA) is 64.3 Å². The van der Waals surface area contributed by atoms with Crippen LogP contribution in [0.4, 0.5) is 0 Å². The Kier molecular flexibility index (Phi) is 5.92. The average Bonchev–Trinajstić information content (AvgIpc) is 2.32. The molecule has 0 aromatic rings. The highest BCUT2D eigenvalue weighted by molar-refractivity contribution is 5.75. The summed E-state index contributed by atoms with van der Waals surface area (Å²) < 4.78 is 5.90. The van der Waals surface area contributed by atoms with Gasteiger partial charge in [0.2, 0.25) is 5.91 Å². The van der Waals surface area contributed by atoms with E-state index in [0.29, 0.717) is 26.1 Å². The molecule has 0 bridgehead atoms. The summed E-state index contributed by atoms with van der Waals surface area (Å²) in [4.78, 5) is 11.3. The summed E-state index contributed by atoms with van der Waals surface area (Å²) in [7, 11) is 0. The second kappa shape index (κ2) is 6.97. The highest BCUT2D eigenvalue weighted by atomic mass is 16.5. The number of nitrogens with two attached hydrogens (primary N) is 1. The number of carbonyl (C=O) groups is 1. The van der Waals surface area contributed by atoms with Gasteiger partial charge in [0.25, 0.3) is 0 Å². The number of nitrogens with one attached hydrogen (secondary N) is 1. The molecule has 0 spiro atoms. The lowest BCUT2D eigenvalue weighted by molar-refractivity contribution is -0.125. The van der Waals surface area contributed by atoms with Crippen LogP contribution in [0.5, 0.6) is 0 Å². The van der Waals surface area contributed by atoms with Crippen molar-refractivity contribution < 1.29 is 9.53 Å². The number of amides is 1. The molecule has 4 nitrogen and oxygen atoms in total. The molecule has 0 heterocycles. The predicted octanol–water partition coefficient (Wildman–Crippen LogP) is 1.44. The van der Waals surface area contributed by atoms with E-state index in [2.05, 4.69) is 12.2 Å². The van der Waals surface area contributed by atoms with Gasteiger partial charge in [-0.05, 0) is 38.5 Å². The predicted molar refractivity (Wildman–Crippen MR) is 68.7 cm³/mol. The molecule has 17 heavy (non-hydrogen) atoms. The van der Waals surface area contributed by atoms with Gasteiger partial charge in [-0.3, -0.25) is 4.79 Å². The summed E-state index contributed by atoms with van der Waals surface area (Å²) >= 11 is 0. The lowest BCUT2D eigenvalue weighted by Gasteiger charge is -2.38. The van der Waals surface area contributed by atoms with E-state index in [1.165, 1.54) is 12.8 Å². The summed E-state index contributed by atoms with van der Waals surface area (Å²) in [5.74, 6) is 0.838. The third-order valence-electron chi connectivity index (χ3n) is 3.67. The molecule has 0 saturated heterocycles. The fraction of sp³-hybridized carbons (Fsp3) is 0.923. The molecule has 4 heteroatoms. The smallest absolute Gasteiger partial charge is 0.222 e. The molecule has 0 radical (unpaired) electrons. The van der Waals surface area contributed by atoms with Gasteiger partial charge in [-0.2, -0.15) is 0 Å². The Hall–Kier alpha value is -0.610. The Morgan fingerprint density at radius 2 is 2.12 bits per heavy atom. The zero-order valence-corrected chi connectivity index (χ0v) is 11.1. The van der Waals surface area contributed by atoms with Crippen molar-refractivity contribution in [2.75, 3.05) is 19.7 Å². The van der Waals surface area contributed by atoms with E-state index in [-0.39, 0.29) is 11.5 Å². The standard InChI is InChI=1S/C13H26N2O2/c1-3-15-12(16)6-9-17-13(10-14)7-4-11(2)5-8-13/h11H,3-10,14H2,1-2H3,(H,15,16). The second-order valence-electron chi connectivity index (χ2n) is 5.12. The molecule has 100 valence electrons. The maximum absolute atomic E-state index is 11.3. The van der Waals surface area contributed by atoms with E-state index in [1.54, 1.807) is 0 Å². The van der Waals surface area contributed by atoms with E-state index >= 15 is 0 Å². The van der Waals surface area contributed by atoms with Crippen LogP contribution in [0.15, 0.2) is 0 Å². The van der Waals surface area contributed by atoms with Gasteiger partial charge < -0.3 is 15.8 Å². The van der Waals surface area contributed by atoms with Gasteiger partial charge in [-0.1, -0.05) is 6.92 Å². The molecule has 1 rings (SSSR count). The van der Waals surface area contributed by atoms with Crippen LogP contribution in [0.3, 0.4) is 0 Å². The third-order valence-corrected chi connectivity index (χ3v) is 3.67. The largest absolute Gasteiger partial charge is 0.373 e. The third kappa shape index (κ3) is 4.64. The summed E-state index contributed by atoms with van der Waals surface area (Å²) in [6.07, 6.45) is 4.85. The summed E-state index contributed by atoms with van der Waals surface area (Å²) in [6, 6.07) is 0. The van der Waals surface area contributed by atoms with Crippen molar-refractivity contribution in [3.8, 4) is 0 Å². The van der Waals surface area contributed by atoms with E-state index in [1.807, 2.05) is 6.92 Å². The van der Waals surface area contributed by atoms with Crippen LogP contribution in [-0.4, -0.2) is 31.2 Å². The van der Waals surface area contributed by atoms with Crippen molar-refractivity contribution in [1.29, 1.82) is 0 Å². The fourth-order valence-corrected chi connectivity index (χ4v) is 2.34. The fourth-order valence-electron chi connectivity index (χ4n) is 2.34. The molecular weight excluding hydrogens is 216 g/mol. The minimum Gasteiger partial charge on any atom is -0.373 e. The molecule has 3 N–H and O–H groups in total. The molecule has 0 aromatic heterocycles. The first-order chi connectivity index (χ1) is 8.12. The molecule has 1 aliphatic carbocycles. The second-order valence-corrected chi connectivity index (χ2v) is 5.12. The molecule has 0 aliphatic heterocycles. The normalized spacial score (nSPS) is 29.0. The lowest BCUT2D eigenvalue weighted by Crippen LogP contribution is -2.44. The number of ether oxygens (including phenoxy) is 1. The lowest BCUT2D eigenvalue weighted by atomic mass is 9.79. The van der Waals surface area contributed by atoms with Crippen molar-refractivity contribution in [3.05, 3.63) is 0 Å². The van der Waals surface area contributed by atoms with Gasteiger partial charge >= 0.3 is 0 Å². The molecule has 0 unspecified atom stereocenters. The van der Waals surface area contributed by atoms with Crippen LogP contribution in [-0.2, 0) is 9.53 Å². The van der Waals surface area contributed by atoms with Crippen LogP contribution in [0.1, 0.15) is 46.0 Å². The van der Waals surface area contributed by atoms with Crippen molar-refractivity contribution in [3.63, 3.8) is 0 Å². The zero-order chi connectivity index (χ0) is 12.7. The van der Waals surface area contributed by atoms with Crippen LogP contribution in [0.2, 0.25) is 0 Å². The first kappa shape index (κ1) is 14.5. The average molecular weight is 242 g/mol. The van der Waals surface area contributed by atoms with Gasteiger partial charge in [0.05, 0.1) is 12.2 Å². The van der Waals surface area contributed by atoms with Crippen LogP contribution < -0.4 is 11.1 Å². The number of hydrogen-bond acceptors (Lipinski definition) is 3. The summed E-state index contributed by atoms with van der Waals surface area (Å²) in [6.45, 7) is 5.92. The first-order valence-corrected chi connectivity index (χ1v) is 6.72. The molecule has 1 amide bonds. The van der Waals surface area contributed by atoms with E-state index < -0.39 is 0 Å². The number of rotatable bonds is 6. The first-order valence-electron chi connectivity index (χ1n) is 6.72. The van der Waals surface area contributed by atoms with E-state index in [0.717, 1.165) is 18.8 Å². The maximum atomic E-state index is 11.3. The Labute approximate surface area is 104 Å². The molecule has 1 saturated carbocycles. The van der Waals surface area contributed by atoms with Gasteiger partial charge in [-0.25, -0.2) is 0 Å². The van der Waals surface area contributed by atoms with Gasteiger partial charge in [0.15, 0.2) is 0 Å². The summed E-state index contributed by atoms with van der Waals surface area (Å²) in [5, 5.41) is 2.77. The molecule has 0 aromatic carbocycles. The van der Waals surface area contributed by atoms with E-state index in [4.69, 9.17) is 10.5 Å². The van der Waals surface area contributed by atoms with E-state index in [9.17, 15) is 4.79 Å². The Morgan fingerprint density at radius 3 is 2.65 bits per heavy atom. The SMILES string of the molecule is CCNC(=O)CCOC1(CN)CCC(C)CC1. The number of carbonyl (C=O) groups excluding carboxylic acids is 1. The maximum Gasteiger partial charge on any atom is 0.222 e. The van der Waals surface area contributed by atoms with Crippen molar-refractivity contribution >= 4 is 5.91 Å². The Balaban J connectivity index is 2.29. The van der Waals surface area contributed by atoms with Crippen molar-refractivity contribution in [2.24, 2.45) is 11.7 Å². The monoisotopic (exact) mass is 242 g/mol. The zero-order valence-electron chi connectivity index (χ0n) is 11.1. The minimum atomic E-state index is -0.168. The van der Waals surface area contributed by atoms with Gasteiger partial charge in [-0.15, -0.1) is 0 Å². The summed E-state index contributed by atoms with van der Waals surface area (Å²) in [5.41, 5.74) is 5.67. The Bertz CT molecular complexity index is 236. The highest BCUT2D eigenvalue weighted by Gasteiger charge is 2.33. The van der Waals surface area contributed by atoms with Gasteiger partial charge in [0, 0.05) is 19.5 Å². The Morgan fingerprint density at radius 1 is 1.47 bits per heavy atom. The highest BCUT2D eigenvalue weighted by Crippen LogP contribution is 2.34. The molecule has 1 aliphatic rings. The van der Waals surface area contributed by atoms with Crippen LogP contribution in [0, 0.1) is 5.92 Å². The molecule has 1 fully saturated rings. The minimum absolute atomic E-state index is 0.0591. The van der Waals surface area contributed by atoms with Crippen LogP contribution >= 0.6 is 0 Å². The van der Waals surface area contributed by atoms with Crippen molar-refractivity contribution in [2.45, 2.75) is 51.6 Å². The quantitative estimate of drug-likeness (QED) is 0.740.